The molecule has 0 bridgehead atoms. The number of carbonyl (C=O) groups excluding carboxylic acids is 2. The molecule has 0 atom stereocenters. The van der Waals surface area contributed by atoms with Crippen LogP contribution in [0.5, 0.6) is 0 Å². The molecule has 2 aromatic carbocycles. The van der Waals surface area contributed by atoms with E-state index >= 15 is 0 Å². The van der Waals surface area contributed by atoms with Gasteiger partial charge in [0.2, 0.25) is 0 Å². The van der Waals surface area contributed by atoms with Crippen LogP contribution in [0.4, 0.5) is 0 Å². The number of nitrogens with one attached hydrogen (secondary N) is 1. The van der Waals surface area contributed by atoms with E-state index < -0.39 is 0 Å². The number of hydrogen-bond donors (Lipinski definition) is 1. The first-order chi connectivity index (χ1) is 12.4. The lowest BCUT2D eigenvalue weighted by Crippen LogP contribution is -2.46. The van der Waals surface area contributed by atoms with E-state index in [4.69, 9.17) is 23.2 Å². The number of hydrogen-bond acceptors (Lipinski definition) is 2. The van der Waals surface area contributed by atoms with Gasteiger partial charge in [0.25, 0.3) is 11.8 Å². The Bertz CT molecular complexity index is 813. The SMILES string of the molecule is Cc1ccc(C(=O)N2CCC(NC(=O)c3ccc(Cl)c(Cl)c3)CC2)cc1. The highest BCUT2D eigenvalue weighted by Gasteiger charge is 2.25. The summed E-state index contributed by atoms with van der Waals surface area (Å²) in [6, 6.07) is 12.5. The minimum Gasteiger partial charge on any atom is -0.349 e. The van der Waals surface area contributed by atoms with Crippen LogP contribution in [0.3, 0.4) is 0 Å². The fourth-order valence-corrected chi connectivity index (χ4v) is 3.31. The van der Waals surface area contributed by atoms with E-state index in [1.165, 1.54) is 0 Å². The first-order valence-electron chi connectivity index (χ1n) is 8.56. The van der Waals surface area contributed by atoms with Crippen molar-refractivity contribution in [3.8, 4) is 0 Å². The van der Waals surface area contributed by atoms with E-state index in [0.29, 0.717) is 34.3 Å². The van der Waals surface area contributed by atoms with Gasteiger partial charge >= 0.3 is 0 Å². The molecule has 6 heteroatoms. The Morgan fingerprint density at radius 2 is 1.58 bits per heavy atom. The lowest BCUT2D eigenvalue weighted by atomic mass is 10.0. The van der Waals surface area contributed by atoms with Crippen LogP contribution in [0.1, 0.15) is 39.1 Å². The van der Waals surface area contributed by atoms with Crippen LogP contribution in [0.15, 0.2) is 42.5 Å². The molecule has 136 valence electrons. The molecule has 1 heterocycles. The van der Waals surface area contributed by atoms with Crippen molar-refractivity contribution in [1.29, 1.82) is 0 Å². The predicted octanol–water partition coefficient (Wildman–Crippen LogP) is 4.34. The molecule has 1 fully saturated rings. The summed E-state index contributed by atoms with van der Waals surface area (Å²) >= 11 is 11.8. The van der Waals surface area contributed by atoms with Gasteiger partial charge in [0.05, 0.1) is 10.0 Å². The normalized spacial score (nSPS) is 15.0. The summed E-state index contributed by atoms with van der Waals surface area (Å²) in [5.74, 6) is -0.133. The van der Waals surface area contributed by atoms with Gasteiger partial charge < -0.3 is 10.2 Å². The quantitative estimate of drug-likeness (QED) is 0.847. The van der Waals surface area contributed by atoms with Crippen LogP contribution in [0, 0.1) is 6.92 Å². The fraction of sp³-hybridized carbons (Fsp3) is 0.300. The Morgan fingerprint density at radius 1 is 0.962 bits per heavy atom. The molecule has 0 unspecified atom stereocenters. The molecular formula is C20H20Cl2N2O2. The van der Waals surface area contributed by atoms with Crippen molar-refractivity contribution in [2.24, 2.45) is 0 Å². The smallest absolute Gasteiger partial charge is 0.253 e. The van der Waals surface area contributed by atoms with Gasteiger partial charge in [0.15, 0.2) is 0 Å². The second-order valence-corrected chi connectivity index (χ2v) is 7.35. The molecule has 0 saturated carbocycles. The third kappa shape index (κ3) is 4.37. The van der Waals surface area contributed by atoms with Gasteiger partial charge in [0, 0.05) is 30.3 Å². The van der Waals surface area contributed by atoms with Crippen LogP contribution >= 0.6 is 23.2 Å². The largest absolute Gasteiger partial charge is 0.349 e. The maximum atomic E-state index is 12.5. The third-order valence-corrected chi connectivity index (χ3v) is 5.34. The molecule has 1 aliphatic rings. The van der Waals surface area contributed by atoms with Crippen molar-refractivity contribution in [2.45, 2.75) is 25.8 Å². The van der Waals surface area contributed by atoms with Crippen LogP contribution in [0.25, 0.3) is 0 Å². The number of halogens is 2. The topological polar surface area (TPSA) is 49.4 Å². The summed E-state index contributed by atoms with van der Waals surface area (Å²) < 4.78 is 0. The standard InChI is InChI=1S/C20H20Cl2N2O2/c1-13-2-4-14(5-3-13)20(26)24-10-8-16(9-11-24)23-19(25)15-6-7-17(21)18(22)12-15/h2-7,12,16H,8-11H2,1H3,(H,23,25). The number of carbonyl (C=O) groups is 2. The molecule has 1 saturated heterocycles. The molecule has 1 N–H and O–H groups in total. The summed E-state index contributed by atoms with van der Waals surface area (Å²) in [6.45, 7) is 3.24. The highest BCUT2D eigenvalue weighted by molar-refractivity contribution is 6.42. The highest BCUT2D eigenvalue weighted by Crippen LogP contribution is 2.23. The third-order valence-electron chi connectivity index (χ3n) is 4.60. The minimum absolute atomic E-state index is 0.0408. The first kappa shape index (κ1) is 18.7. The Hall–Kier alpha value is -2.04. The van der Waals surface area contributed by atoms with Gasteiger partial charge in [-0.05, 0) is 50.1 Å². The zero-order valence-electron chi connectivity index (χ0n) is 14.5. The Morgan fingerprint density at radius 3 is 2.19 bits per heavy atom. The monoisotopic (exact) mass is 390 g/mol. The van der Waals surface area contributed by atoms with E-state index in [1.807, 2.05) is 36.1 Å². The van der Waals surface area contributed by atoms with Crippen molar-refractivity contribution in [3.63, 3.8) is 0 Å². The molecule has 4 nitrogen and oxygen atoms in total. The number of nitrogens with zero attached hydrogens (tertiary/aromatic N) is 1. The van der Waals surface area contributed by atoms with Crippen molar-refractivity contribution in [3.05, 3.63) is 69.2 Å². The van der Waals surface area contributed by atoms with Gasteiger partial charge in [-0.2, -0.15) is 0 Å². The summed E-state index contributed by atoms with van der Waals surface area (Å²) in [5, 5.41) is 3.79. The number of amides is 2. The zero-order chi connectivity index (χ0) is 18.7. The number of benzene rings is 2. The molecule has 2 amide bonds. The van der Waals surface area contributed by atoms with Gasteiger partial charge in [-0.25, -0.2) is 0 Å². The first-order valence-corrected chi connectivity index (χ1v) is 9.31. The van der Waals surface area contributed by atoms with Crippen LogP contribution < -0.4 is 5.32 Å². The Labute approximate surface area is 163 Å². The lowest BCUT2D eigenvalue weighted by molar-refractivity contribution is 0.0698. The molecule has 2 aromatic rings. The Kier molecular flexibility index (Phi) is 5.84. The maximum absolute atomic E-state index is 12.5. The van der Waals surface area contributed by atoms with Crippen LogP contribution in [0.2, 0.25) is 10.0 Å². The average molecular weight is 391 g/mol. The van der Waals surface area contributed by atoms with E-state index in [-0.39, 0.29) is 17.9 Å². The molecule has 0 aliphatic carbocycles. The molecule has 0 aromatic heterocycles. The van der Waals surface area contributed by atoms with Crippen molar-refractivity contribution in [2.75, 3.05) is 13.1 Å². The zero-order valence-corrected chi connectivity index (χ0v) is 16.0. The lowest BCUT2D eigenvalue weighted by Gasteiger charge is -2.32. The summed E-state index contributed by atoms with van der Waals surface area (Å²) in [5.41, 5.74) is 2.32. The van der Waals surface area contributed by atoms with Gasteiger partial charge in [-0.3, -0.25) is 9.59 Å². The van der Waals surface area contributed by atoms with E-state index in [2.05, 4.69) is 5.32 Å². The number of rotatable bonds is 3. The van der Waals surface area contributed by atoms with E-state index in [9.17, 15) is 9.59 Å². The van der Waals surface area contributed by atoms with Crippen molar-refractivity contribution >= 4 is 35.0 Å². The Balaban J connectivity index is 1.54. The van der Waals surface area contributed by atoms with Crippen molar-refractivity contribution < 1.29 is 9.59 Å². The maximum Gasteiger partial charge on any atom is 0.253 e. The molecule has 0 spiro atoms. The molecular weight excluding hydrogens is 371 g/mol. The van der Waals surface area contributed by atoms with Gasteiger partial charge in [-0.15, -0.1) is 0 Å². The molecule has 1 aliphatic heterocycles. The van der Waals surface area contributed by atoms with E-state index in [0.717, 1.165) is 18.4 Å². The predicted molar refractivity (Wildman–Crippen MR) is 104 cm³/mol. The second-order valence-electron chi connectivity index (χ2n) is 6.53. The number of piperidine rings is 1. The number of aryl methyl sites for hydroxylation is 1. The summed E-state index contributed by atoms with van der Waals surface area (Å²) in [7, 11) is 0. The molecule has 3 rings (SSSR count). The average Bonchev–Trinajstić information content (AvgIpc) is 2.64. The summed E-state index contributed by atoms with van der Waals surface area (Å²) in [6.07, 6.45) is 1.45. The van der Waals surface area contributed by atoms with Crippen LogP contribution in [-0.2, 0) is 0 Å². The molecule has 26 heavy (non-hydrogen) atoms. The van der Waals surface area contributed by atoms with Crippen LogP contribution in [-0.4, -0.2) is 35.8 Å². The highest BCUT2D eigenvalue weighted by atomic mass is 35.5. The summed E-state index contributed by atoms with van der Waals surface area (Å²) in [4.78, 5) is 26.7. The minimum atomic E-state index is -0.174. The number of likely N-dealkylation sites (tertiary alicyclic amines) is 1. The van der Waals surface area contributed by atoms with Gasteiger partial charge in [0.1, 0.15) is 0 Å². The van der Waals surface area contributed by atoms with E-state index in [1.54, 1.807) is 18.2 Å². The second kappa shape index (κ2) is 8.11. The van der Waals surface area contributed by atoms with Gasteiger partial charge in [-0.1, -0.05) is 40.9 Å². The van der Waals surface area contributed by atoms with Crippen molar-refractivity contribution in [1.82, 2.24) is 10.2 Å². The fourth-order valence-electron chi connectivity index (χ4n) is 3.01. The molecule has 0 radical (unpaired) electrons.